The number of benzene rings is 1. The van der Waals surface area contributed by atoms with Gasteiger partial charge < -0.3 is 15.1 Å². The van der Waals surface area contributed by atoms with Crippen LogP contribution in [0.4, 0.5) is 10.1 Å². The number of hydrogen-bond donors (Lipinski definition) is 1. The van der Waals surface area contributed by atoms with Crippen molar-refractivity contribution in [2.24, 2.45) is 0 Å². The summed E-state index contributed by atoms with van der Waals surface area (Å²) in [6, 6.07) is 7.55. The first-order valence-electron chi connectivity index (χ1n) is 6.79. The lowest BCUT2D eigenvalue weighted by atomic mass is 10.2. The maximum atomic E-state index is 13.7. The Bertz CT molecular complexity index is 468. The number of thiocarbonyl (C=S) groups is 1. The fourth-order valence-electron chi connectivity index (χ4n) is 2.35. The molecule has 1 aromatic rings. The molecule has 5 heteroatoms. The van der Waals surface area contributed by atoms with Crippen molar-refractivity contribution in [3.63, 3.8) is 0 Å². The third-order valence-corrected chi connectivity index (χ3v) is 4.04. The summed E-state index contributed by atoms with van der Waals surface area (Å²) >= 11 is 5.39. The van der Waals surface area contributed by atoms with Crippen LogP contribution in [0.25, 0.3) is 0 Å². The molecule has 19 heavy (non-hydrogen) atoms. The SMILES string of the molecule is Fc1ccccc1N1CCN(C(=S)NC2CC2)CC1. The van der Waals surface area contributed by atoms with Crippen LogP contribution in [0.5, 0.6) is 0 Å². The standard InChI is InChI=1S/C14H18FN3S/c15-12-3-1-2-4-13(12)17-7-9-18(10-8-17)14(19)16-11-5-6-11/h1-4,11H,5-10H2,(H,16,19). The van der Waals surface area contributed by atoms with Crippen LogP contribution in [0.1, 0.15) is 12.8 Å². The van der Waals surface area contributed by atoms with Crippen molar-refractivity contribution in [1.29, 1.82) is 0 Å². The highest BCUT2D eigenvalue weighted by molar-refractivity contribution is 7.80. The highest BCUT2D eigenvalue weighted by atomic mass is 32.1. The second-order valence-corrected chi connectivity index (χ2v) is 5.54. The molecule has 1 aromatic carbocycles. The maximum Gasteiger partial charge on any atom is 0.169 e. The Hall–Kier alpha value is -1.36. The highest BCUT2D eigenvalue weighted by Gasteiger charge is 2.26. The minimum atomic E-state index is -0.144. The lowest BCUT2D eigenvalue weighted by Crippen LogP contribution is -2.52. The van der Waals surface area contributed by atoms with Gasteiger partial charge in [-0.2, -0.15) is 0 Å². The van der Waals surface area contributed by atoms with Crippen molar-refractivity contribution < 1.29 is 4.39 Å². The van der Waals surface area contributed by atoms with Gasteiger partial charge in [0, 0.05) is 32.2 Å². The van der Waals surface area contributed by atoms with Gasteiger partial charge in [0.15, 0.2) is 5.11 Å². The quantitative estimate of drug-likeness (QED) is 0.834. The first-order valence-corrected chi connectivity index (χ1v) is 7.20. The number of piperazine rings is 1. The average Bonchev–Trinajstić information content (AvgIpc) is 3.23. The molecule has 1 saturated heterocycles. The van der Waals surface area contributed by atoms with Crippen molar-refractivity contribution in [1.82, 2.24) is 10.2 Å². The van der Waals surface area contributed by atoms with Crippen LogP contribution in [0.15, 0.2) is 24.3 Å². The van der Waals surface area contributed by atoms with E-state index in [4.69, 9.17) is 12.2 Å². The van der Waals surface area contributed by atoms with Crippen LogP contribution >= 0.6 is 12.2 Å². The second kappa shape index (κ2) is 5.33. The molecule has 1 N–H and O–H groups in total. The zero-order chi connectivity index (χ0) is 13.2. The van der Waals surface area contributed by atoms with E-state index in [2.05, 4.69) is 15.1 Å². The predicted octanol–water partition coefficient (Wildman–Crippen LogP) is 1.98. The first kappa shape index (κ1) is 12.7. The lowest BCUT2D eigenvalue weighted by molar-refractivity contribution is 0.378. The van der Waals surface area contributed by atoms with Crippen LogP contribution in [-0.4, -0.2) is 42.2 Å². The summed E-state index contributed by atoms with van der Waals surface area (Å²) in [4.78, 5) is 4.27. The summed E-state index contributed by atoms with van der Waals surface area (Å²) in [5.41, 5.74) is 0.697. The Kier molecular flexibility index (Phi) is 3.55. The molecule has 0 bridgehead atoms. The monoisotopic (exact) mass is 279 g/mol. The molecule has 3 nitrogen and oxygen atoms in total. The third-order valence-electron chi connectivity index (χ3n) is 3.66. The second-order valence-electron chi connectivity index (χ2n) is 5.15. The fraction of sp³-hybridized carbons (Fsp3) is 0.500. The smallest absolute Gasteiger partial charge is 0.169 e. The van der Waals surface area contributed by atoms with E-state index in [1.165, 1.54) is 18.9 Å². The van der Waals surface area contributed by atoms with Gasteiger partial charge in [-0.25, -0.2) is 4.39 Å². The Morgan fingerprint density at radius 1 is 1.16 bits per heavy atom. The number of rotatable bonds is 2. The van der Waals surface area contributed by atoms with E-state index >= 15 is 0 Å². The van der Waals surface area contributed by atoms with Crippen LogP contribution in [0.3, 0.4) is 0 Å². The van der Waals surface area contributed by atoms with Gasteiger partial charge in [0.1, 0.15) is 5.82 Å². The van der Waals surface area contributed by atoms with Gasteiger partial charge in [0.25, 0.3) is 0 Å². The van der Waals surface area contributed by atoms with Crippen molar-refractivity contribution in [2.45, 2.75) is 18.9 Å². The molecule has 0 unspecified atom stereocenters. The van der Waals surface area contributed by atoms with E-state index in [1.807, 2.05) is 12.1 Å². The summed E-state index contributed by atoms with van der Waals surface area (Å²) < 4.78 is 13.7. The zero-order valence-electron chi connectivity index (χ0n) is 10.8. The van der Waals surface area contributed by atoms with Crippen molar-refractivity contribution in [2.75, 3.05) is 31.1 Å². The zero-order valence-corrected chi connectivity index (χ0v) is 11.6. The number of halogens is 1. The summed E-state index contributed by atoms with van der Waals surface area (Å²) in [5, 5.41) is 4.21. The molecule has 3 rings (SSSR count). The van der Waals surface area contributed by atoms with Gasteiger partial charge in [-0.05, 0) is 37.2 Å². The van der Waals surface area contributed by atoms with E-state index in [0.717, 1.165) is 31.3 Å². The normalized spacial score (nSPS) is 19.4. The largest absolute Gasteiger partial charge is 0.366 e. The molecular formula is C14H18FN3S. The molecule has 0 aromatic heterocycles. The first-order chi connectivity index (χ1) is 9.24. The Labute approximate surface area is 118 Å². The van der Waals surface area contributed by atoms with E-state index in [9.17, 15) is 4.39 Å². The Morgan fingerprint density at radius 3 is 2.47 bits per heavy atom. The summed E-state index contributed by atoms with van der Waals surface area (Å²) in [6.45, 7) is 3.33. The van der Waals surface area contributed by atoms with Crippen molar-refractivity contribution in [3.05, 3.63) is 30.1 Å². The maximum absolute atomic E-state index is 13.7. The Morgan fingerprint density at radius 2 is 1.84 bits per heavy atom. The molecule has 0 atom stereocenters. The minimum Gasteiger partial charge on any atom is -0.366 e. The van der Waals surface area contributed by atoms with Crippen LogP contribution in [-0.2, 0) is 0 Å². The van der Waals surface area contributed by atoms with Crippen molar-refractivity contribution >= 4 is 23.0 Å². The molecule has 1 aliphatic heterocycles. The summed E-state index contributed by atoms with van der Waals surface area (Å²) in [5.74, 6) is -0.144. The van der Waals surface area contributed by atoms with Crippen molar-refractivity contribution in [3.8, 4) is 0 Å². The molecular weight excluding hydrogens is 261 g/mol. The molecule has 2 fully saturated rings. The molecule has 0 spiro atoms. The van der Waals surface area contributed by atoms with E-state index < -0.39 is 0 Å². The van der Waals surface area contributed by atoms with E-state index in [0.29, 0.717) is 11.7 Å². The van der Waals surface area contributed by atoms with E-state index in [1.54, 1.807) is 6.07 Å². The predicted molar refractivity (Wildman–Crippen MR) is 78.9 cm³/mol. The molecule has 0 radical (unpaired) electrons. The number of hydrogen-bond acceptors (Lipinski definition) is 2. The average molecular weight is 279 g/mol. The summed E-state index contributed by atoms with van der Waals surface area (Å²) in [7, 11) is 0. The Balaban J connectivity index is 1.57. The topological polar surface area (TPSA) is 18.5 Å². The van der Waals surface area contributed by atoms with Gasteiger partial charge in [0.2, 0.25) is 0 Å². The molecule has 1 heterocycles. The van der Waals surface area contributed by atoms with Gasteiger partial charge >= 0.3 is 0 Å². The third kappa shape index (κ3) is 2.97. The molecule has 1 aliphatic carbocycles. The number of para-hydroxylation sites is 1. The minimum absolute atomic E-state index is 0.144. The van der Waals surface area contributed by atoms with Gasteiger partial charge in [0.05, 0.1) is 5.69 Å². The lowest BCUT2D eigenvalue weighted by Gasteiger charge is -2.37. The molecule has 0 amide bonds. The van der Waals surface area contributed by atoms with E-state index in [-0.39, 0.29) is 5.82 Å². The summed E-state index contributed by atoms with van der Waals surface area (Å²) in [6.07, 6.45) is 2.46. The molecule has 102 valence electrons. The highest BCUT2D eigenvalue weighted by Crippen LogP contribution is 2.21. The van der Waals surface area contributed by atoms with Gasteiger partial charge in [-0.3, -0.25) is 0 Å². The molecule has 2 aliphatic rings. The number of nitrogens with one attached hydrogen (secondary N) is 1. The van der Waals surface area contributed by atoms with Crippen LogP contribution < -0.4 is 10.2 Å². The number of nitrogens with zero attached hydrogens (tertiary/aromatic N) is 2. The number of anilines is 1. The van der Waals surface area contributed by atoms with Gasteiger partial charge in [-0.15, -0.1) is 0 Å². The van der Waals surface area contributed by atoms with Crippen LogP contribution in [0.2, 0.25) is 0 Å². The molecule has 1 saturated carbocycles. The van der Waals surface area contributed by atoms with Gasteiger partial charge in [-0.1, -0.05) is 12.1 Å². The fourth-order valence-corrected chi connectivity index (χ4v) is 2.70. The van der Waals surface area contributed by atoms with Crippen LogP contribution in [0, 0.1) is 5.82 Å².